The van der Waals surface area contributed by atoms with Gasteiger partial charge in [-0.3, -0.25) is 9.78 Å². The zero-order valence-electron chi connectivity index (χ0n) is 20.2. The molecule has 0 bridgehead atoms. The van der Waals surface area contributed by atoms with Crippen LogP contribution in [0, 0.1) is 18.2 Å². The van der Waals surface area contributed by atoms with Crippen molar-refractivity contribution in [3.05, 3.63) is 95.1 Å². The highest BCUT2D eigenvalue weighted by atomic mass is 19.1. The molecule has 1 amide bonds. The topological polar surface area (TPSA) is 54.5 Å². The number of nitrogens with zero attached hydrogens (tertiary/aromatic N) is 2. The Morgan fingerprint density at radius 1 is 1.11 bits per heavy atom. The fourth-order valence-electron chi connectivity index (χ4n) is 5.31. The fourth-order valence-corrected chi connectivity index (χ4v) is 5.31. The smallest absolute Gasteiger partial charge is 0.253 e. The van der Waals surface area contributed by atoms with Gasteiger partial charge in [-0.15, -0.1) is 0 Å². The summed E-state index contributed by atoms with van der Waals surface area (Å²) < 4.78 is 19.7. The van der Waals surface area contributed by atoms with Crippen molar-refractivity contribution in [1.29, 1.82) is 0 Å². The number of aryl methyl sites for hydroxylation is 1. The first-order valence-corrected chi connectivity index (χ1v) is 12.4. The SMILES string of the molecule is Cc1ccc(C(=O)N2CCC3(CC2)COC(Cc2cccc(F)c2)C3)cc1NCc1ccncc1. The number of ether oxygens (including phenoxy) is 1. The summed E-state index contributed by atoms with van der Waals surface area (Å²) in [4.78, 5) is 19.3. The third-order valence-electron chi connectivity index (χ3n) is 7.47. The zero-order chi connectivity index (χ0) is 24.3. The van der Waals surface area contributed by atoms with Crippen LogP contribution in [-0.2, 0) is 17.7 Å². The molecule has 1 aromatic heterocycles. The normalized spacial score (nSPS) is 19.1. The lowest BCUT2D eigenvalue weighted by Crippen LogP contribution is -2.43. The number of hydrogen-bond donors (Lipinski definition) is 1. The summed E-state index contributed by atoms with van der Waals surface area (Å²) in [6.45, 7) is 4.94. The summed E-state index contributed by atoms with van der Waals surface area (Å²) in [6.07, 6.45) is 7.28. The van der Waals surface area contributed by atoms with E-state index in [1.54, 1.807) is 24.5 Å². The molecule has 182 valence electrons. The van der Waals surface area contributed by atoms with Crippen molar-refractivity contribution in [2.75, 3.05) is 25.0 Å². The molecule has 5 nitrogen and oxygen atoms in total. The summed E-state index contributed by atoms with van der Waals surface area (Å²) in [7, 11) is 0. The van der Waals surface area contributed by atoms with Crippen LogP contribution in [0.1, 0.15) is 46.3 Å². The minimum Gasteiger partial charge on any atom is -0.381 e. The number of hydrogen-bond acceptors (Lipinski definition) is 4. The van der Waals surface area contributed by atoms with Gasteiger partial charge in [0.2, 0.25) is 0 Å². The van der Waals surface area contributed by atoms with Crippen LogP contribution < -0.4 is 5.32 Å². The van der Waals surface area contributed by atoms with Gasteiger partial charge in [-0.2, -0.15) is 0 Å². The van der Waals surface area contributed by atoms with Crippen molar-refractivity contribution in [2.24, 2.45) is 5.41 Å². The average Bonchev–Trinajstić information content (AvgIpc) is 3.26. The third kappa shape index (κ3) is 5.54. The fraction of sp³-hybridized carbons (Fsp3) is 0.379. The number of aromatic nitrogens is 1. The molecule has 5 rings (SSSR count). The predicted molar refractivity (Wildman–Crippen MR) is 135 cm³/mol. The van der Waals surface area contributed by atoms with Crippen LogP contribution in [0.2, 0.25) is 0 Å². The minimum absolute atomic E-state index is 0.0852. The van der Waals surface area contributed by atoms with E-state index in [0.29, 0.717) is 6.54 Å². The Hall–Kier alpha value is -3.25. The van der Waals surface area contributed by atoms with Crippen LogP contribution in [-0.4, -0.2) is 41.6 Å². The van der Waals surface area contributed by atoms with Gasteiger partial charge in [-0.1, -0.05) is 18.2 Å². The van der Waals surface area contributed by atoms with E-state index in [1.165, 1.54) is 6.07 Å². The standard InChI is InChI=1S/C29H32FN3O2/c1-21-5-6-24(17-27(21)32-19-22-7-11-31-12-8-22)28(34)33-13-9-29(10-14-33)18-26(35-20-29)16-23-3-2-4-25(30)15-23/h2-8,11-12,15,17,26,32H,9-10,13-14,16,18-20H2,1H3. The van der Waals surface area contributed by atoms with E-state index in [0.717, 1.165) is 73.3 Å². The van der Waals surface area contributed by atoms with Crippen molar-refractivity contribution >= 4 is 11.6 Å². The van der Waals surface area contributed by atoms with Crippen LogP contribution >= 0.6 is 0 Å². The second-order valence-electron chi connectivity index (χ2n) is 10.0. The second-order valence-corrected chi connectivity index (χ2v) is 10.0. The lowest BCUT2D eigenvalue weighted by molar-refractivity contribution is 0.0496. The molecule has 2 aliphatic rings. The maximum atomic E-state index is 13.5. The van der Waals surface area contributed by atoms with Gasteiger partial charge in [0.25, 0.3) is 5.91 Å². The number of pyridine rings is 1. The number of nitrogens with one attached hydrogen (secondary N) is 1. The Morgan fingerprint density at radius 3 is 2.69 bits per heavy atom. The highest BCUT2D eigenvalue weighted by Gasteiger charge is 2.43. The molecule has 6 heteroatoms. The lowest BCUT2D eigenvalue weighted by atomic mass is 9.76. The van der Waals surface area contributed by atoms with E-state index < -0.39 is 0 Å². The number of rotatable bonds is 6. The molecule has 2 aromatic carbocycles. The van der Waals surface area contributed by atoms with Gasteiger partial charge >= 0.3 is 0 Å². The van der Waals surface area contributed by atoms with Crippen LogP contribution in [0.3, 0.4) is 0 Å². The van der Waals surface area contributed by atoms with Crippen molar-refractivity contribution in [3.63, 3.8) is 0 Å². The van der Waals surface area contributed by atoms with E-state index in [1.807, 2.05) is 48.2 Å². The predicted octanol–water partition coefficient (Wildman–Crippen LogP) is 5.40. The number of carbonyl (C=O) groups is 1. The van der Waals surface area contributed by atoms with Crippen LogP contribution in [0.4, 0.5) is 10.1 Å². The number of carbonyl (C=O) groups excluding carboxylic acids is 1. The van der Waals surface area contributed by atoms with Crippen molar-refractivity contribution < 1.29 is 13.9 Å². The molecule has 1 unspecified atom stereocenters. The van der Waals surface area contributed by atoms with E-state index in [4.69, 9.17) is 4.74 Å². The number of halogens is 1. The largest absolute Gasteiger partial charge is 0.381 e. The molecule has 0 saturated carbocycles. The zero-order valence-corrected chi connectivity index (χ0v) is 20.2. The van der Waals surface area contributed by atoms with Gasteiger partial charge < -0.3 is 15.0 Å². The van der Waals surface area contributed by atoms with Gasteiger partial charge in [0.05, 0.1) is 12.7 Å². The molecule has 3 aromatic rings. The molecule has 1 atom stereocenters. The Kier molecular flexibility index (Phi) is 6.82. The molecule has 2 fully saturated rings. The van der Waals surface area contributed by atoms with E-state index in [2.05, 4.69) is 10.3 Å². The van der Waals surface area contributed by atoms with Gasteiger partial charge in [-0.05, 0) is 91.1 Å². The quantitative estimate of drug-likeness (QED) is 0.521. The lowest BCUT2D eigenvalue weighted by Gasteiger charge is -2.38. The maximum absolute atomic E-state index is 13.5. The van der Waals surface area contributed by atoms with Crippen LogP contribution in [0.5, 0.6) is 0 Å². The third-order valence-corrected chi connectivity index (χ3v) is 7.47. The minimum atomic E-state index is -0.200. The second kappa shape index (κ2) is 10.2. The molecule has 1 spiro atoms. The van der Waals surface area contributed by atoms with E-state index in [9.17, 15) is 9.18 Å². The van der Waals surface area contributed by atoms with Crippen molar-refractivity contribution in [2.45, 2.75) is 45.3 Å². The Morgan fingerprint density at radius 2 is 1.91 bits per heavy atom. The van der Waals surface area contributed by atoms with Gasteiger partial charge in [-0.25, -0.2) is 4.39 Å². The van der Waals surface area contributed by atoms with E-state index >= 15 is 0 Å². The monoisotopic (exact) mass is 473 g/mol. The first-order chi connectivity index (χ1) is 17.0. The molecule has 35 heavy (non-hydrogen) atoms. The molecule has 1 N–H and O–H groups in total. The number of anilines is 1. The molecule has 2 saturated heterocycles. The van der Waals surface area contributed by atoms with Crippen LogP contribution in [0.15, 0.2) is 67.0 Å². The highest BCUT2D eigenvalue weighted by Crippen LogP contribution is 2.43. The molecular weight excluding hydrogens is 441 g/mol. The maximum Gasteiger partial charge on any atom is 0.253 e. The van der Waals surface area contributed by atoms with Crippen molar-refractivity contribution in [1.82, 2.24) is 9.88 Å². The number of benzene rings is 2. The summed E-state index contributed by atoms with van der Waals surface area (Å²) in [5.74, 6) is -0.115. The molecule has 2 aliphatic heterocycles. The average molecular weight is 474 g/mol. The molecule has 0 radical (unpaired) electrons. The first kappa shape index (κ1) is 23.5. The molecule has 0 aliphatic carbocycles. The summed E-state index contributed by atoms with van der Waals surface area (Å²) in [6, 6.07) is 16.6. The number of amides is 1. The Balaban J connectivity index is 1.17. The number of likely N-dealkylation sites (tertiary alicyclic amines) is 1. The van der Waals surface area contributed by atoms with Gasteiger partial charge in [0, 0.05) is 43.3 Å². The molecular formula is C29H32FN3O2. The first-order valence-electron chi connectivity index (χ1n) is 12.4. The Labute approximate surface area is 206 Å². The summed E-state index contributed by atoms with van der Waals surface area (Å²) in [5, 5.41) is 3.46. The van der Waals surface area contributed by atoms with Crippen LogP contribution in [0.25, 0.3) is 0 Å². The van der Waals surface area contributed by atoms with Gasteiger partial charge in [0.1, 0.15) is 5.82 Å². The summed E-state index contributed by atoms with van der Waals surface area (Å²) >= 11 is 0. The number of piperidine rings is 1. The van der Waals surface area contributed by atoms with E-state index in [-0.39, 0.29) is 23.2 Å². The van der Waals surface area contributed by atoms with Gasteiger partial charge in [0.15, 0.2) is 0 Å². The summed E-state index contributed by atoms with van der Waals surface area (Å²) in [5.41, 5.74) is 5.06. The van der Waals surface area contributed by atoms with Crippen molar-refractivity contribution in [3.8, 4) is 0 Å². The Bertz CT molecular complexity index is 1180. The molecule has 3 heterocycles. The highest BCUT2D eigenvalue weighted by molar-refractivity contribution is 5.95.